The second kappa shape index (κ2) is 7.61. The number of nitrogens with one attached hydrogen (secondary N) is 1. The van der Waals surface area contributed by atoms with Crippen LogP contribution in [0.3, 0.4) is 0 Å². The van der Waals surface area contributed by atoms with Gasteiger partial charge in [-0.25, -0.2) is 0 Å². The molecule has 0 spiro atoms. The van der Waals surface area contributed by atoms with Gasteiger partial charge in [-0.15, -0.1) is 11.6 Å². The molecule has 0 radical (unpaired) electrons. The summed E-state index contributed by atoms with van der Waals surface area (Å²) in [7, 11) is 3.08. The summed E-state index contributed by atoms with van der Waals surface area (Å²) in [5.74, 6) is 1.40. The quantitative estimate of drug-likeness (QED) is 0.636. The number of benzene rings is 1. The molecule has 1 aromatic carbocycles. The molecule has 98 valence electrons. The number of amides is 1. The van der Waals surface area contributed by atoms with E-state index in [0.717, 1.165) is 0 Å². The average Bonchev–Trinajstić information content (AvgIpc) is 2.42. The van der Waals surface area contributed by atoms with E-state index in [-0.39, 0.29) is 5.91 Å². The Kier molecular flexibility index (Phi) is 6.08. The van der Waals surface area contributed by atoms with Crippen LogP contribution in [-0.2, 0) is 0 Å². The zero-order chi connectivity index (χ0) is 13.4. The third-order valence-electron chi connectivity index (χ3n) is 2.25. The lowest BCUT2D eigenvalue weighted by molar-refractivity contribution is 0.0957. The molecule has 1 amide bonds. The fraction of sp³-hybridized carbons (Fsp3) is 0.308. The molecule has 0 aliphatic rings. The topological polar surface area (TPSA) is 47.6 Å². The molecule has 18 heavy (non-hydrogen) atoms. The van der Waals surface area contributed by atoms with E-state index < -0.39 is 0 Å². The van der Waals surface area contributed by atoms with E-state index in [1.807, 2.05) is 0 Å². The van der Waals surface area contributed by atoms with Crippen molar-refractivity contribution in [1.82, 2.24) is 5.32 Å². The van der Waals surface area contributed by atoms with E-state index in [4.69, 9.17) is 21.1 Å². The number of carbonyl (C=O) groups excluding carboxylic acids is 1. The van der Waals surface area contributed by atoms with Crippen LogP contribution >= 0.6 is 11.6 Å². The zero-order valence-corrected chi connectivity index (χ0v) is 11.2. The smallest absolute Gasteiger partial charge is 0.251 e. The van der Waals surface area contributed by atoms with Crippen molar-refractivity contribution >= 4 is 17.5 Å². The Morgan fingerprint density at radius 3 is 2.33 bits per heavy atom. The van der Waals surface area contributed by atoms with Crippen LogP contribution in [0.4, 0.5) is 0 Å². The molecule has 0 bridgehead atoms. The molecule has 0 atom stereocenters. The second-order valence-electron chi connectivity index (χ2n) is 3.44. The highest BCUT2D eigenvalue weighted by molar-refractivity contribution is 6.18. The summed E-state index contributed by atoms with van der Waals surface area (Å²) < 4.78 is 10.2. The van der Waals surface area contributed by atoms with Crippen molar-refractivity contribution in [2.75, 3.05) is 26.6 Å². The number of halogens is 1. The molecule has 5 heteroatoms. The monoisotopic (exact) mass is 269 g/mol. The van der Waals surface area contributed by atoms with Gasteiger partial charge in [-0.05, 0) is 12.1 Å². The van der Waals surface area contributed by atoms with Crippen molar-refractivity contribution in [3.63, 3.8) is 0 Å². The summed E-state index contributed by atoms with van der Waals surface area (Å²) in [6, 6.07) is 5.02. The van der Waals surface area contributed by atoms with Gasteiger partial charge in [0.25, 0.3) is 5.91 Å². The highest BCUT2D eigenvalue weighted by atomic mass is 35.5. The predicted octanol–water partition coefficient (Wildman–Crippen LogP) is 2.23. The molecule has 0 heterocycles. The van der Waals surface area contributed by atoms with E-state index in [1.54, 1.807) is 44.6 Å². The van der Waals surface area contributed by atoms with E-state index in [1.165, 1.54) is 0 Å². The van der Waals surface area contributed by atoms with Gasteiger partial charge in [-0.1, -0.05) is 12.2 Å². The Balaban J connectivity index is 2.75. The molecule has 0 fully saturated rings. The van der Waals surface area contributed by atoms with Crippen molar-refractivity contribution in [3.8, 4) is 11.5 Å². The SMILES string of the molecule is COc1cc(OC)cc(C(=O)NC/C=C/CCl)c1. The lowest BCUT2D eigenvalue weighted by Gasteiger charge is -2.08. The third kappa shape index (κ3) is 4.30. The number of carbonyl (C=O) groups is 1. The van der Waals surface area contributed by atoms with Gasteiger partial charge in [0, 0.05) is 24.1 Å². The van der Waals surface area contributed by atoms with Gasteiger partial charge >= 0.3 is 0 Å². The summed E-state index contributed by atoms with van der Waals surface area (Å²) in [5.41, 5.74) is 0.491. The lowest BCUT2D eigenvalue weighted by atomic mass is 10.2. The number of hydrogen-bond donors (Lipinski definition) is 1. The normalized spacial score (nSPS) is 10.4. The Bertz CT molecular complexity index is 410. The van der Waals surface area contributed by atoms with E-state index in [2.05, 4.69) is 5.32 Å². The Morgan fingerprint density at radius 2 is 1.83 bits per heavy atom. The second-order valence-corrected chi connectivity index (χ2v) is 3.75. The van der Waals surface area contributed by atoms with E-state index >= 15 is 0 Å². The van der Waals surface area contributed by atoms with E-state index in [0.29, 0.717) is 29.5 Å². The summed E-state index contributed by atoms with van der Waals surface area (Å²) in [6.07, 6.45) is 3.57. The fourth-order valence-corrected chi connectivity index (χ4v) is 1.46. The van der Waals surface area contributed by atoms with Crippen LogP contribution in [0.5, 0.6) is 11.5 Å². The molecule has 0 aliphatic carbocycles. The molecule has 1 N–H and O–H groups in total. The molecule has 0 saturated carbocycles. The highest BCUT2D eigenvalue weighted by Gasteiger charge is 2.08. The average molecular weight is 270 g/mol. The number of hydrogen-bond acceptors (Lipinski definition) is 3. The molecule has 1 rings (SSSR count). The van der Waals surface area contributed by atoms with Gasteiger partial charge in [0.05, 0.1) is 14.2 Å². The maximum Gasteiger partial charge on any atom is 0.251 e. The minimum Gasteiger partial charge on any atom is -0.497 e. The van der Waals surface area contributed by atoms with Gasteiger partial charge in [0.2, 0.25) is 0 Å². The number of allylic oxidation sites excluding steroid dienone is 1. The van der Waals surface area contributed by atoms with Crippen molar-refractivity contribution in [1.29, 1.82) is 0 Å². The standard InChI is InChI=1S/C13H16ClNO3/c1-17-11-7-10(8-12(9-11)18-2)13(16)15-6-4-3-5-14/h3-4,7-9H,5-6H2,1-2H3,(H,15,16)/b4-3+. The van der Waals surface area contributed by atoms with Gasteiger partial charge in [-0.2, -0.15) is 0 Å². The number of ether oxygens (including phenoxy) is 2. The largest absolute Gasteiger partial charge is 0.497 e. The summed E-state index contributed by atoms with van der Waals surface area (Å²) in [4.78, 5) is 11.9. The zero-order valence-electron chi connectivity index (χ0n) is 10.4. The maximum absolute atomic E-state index is 11.9. The first-order valence-electron chi connectivity index (χ1n) is 5.43. The van der Waals surface area contributed by atoms with Crippen LogP contribution in [0.15, 0.2) is 30.4 Å². The molecule has 1 aromatic rings. The Morgan fingerprint density at radius 1 is 1.22 bits per heavy atom. The fourth-order valence-electron chi connectivity index (χ4n) is 1.34. The molecule has 0 unspecified atom stereocenters. The first-order chi connectivity index (χ1) is 8.71. The molecule has 0 saturated heterocycles. The van der Waals surface area contributed by atoms with Crippen LogP contribution in [0.2, 0.25) is 0 Å². The highest BCUT2D eigenvalue weighted by Crippen LogP contribution is 2.22. The van der Waals surface area contributed by atoms with Crippen LogP contribution in [-0.4, -0.2) is 32.6 Å². The number of alkyl halides is 1. The van der Waals surface area contributed by atoms with Crippen LogP contribution in [0.25, 0.3) is 0 Å². The first kappa shape index (κ1) is 14.4. The van der Waals surface area contributed by atoms with Crippen molar-refractivity contribution in [2.45, 2.75) is 0 Å². The molecular weight excluding hydrogens is 254 g/mol. The van der Waals surface area contributed by atoms with Gasteiger partial charge in [0.15, 0.2) is 0 Å². The van der Waals surface area contributed by atoms with Gasteiger partial charge in [-0.3, -0.25) is 4.79 Å². The lowest BCUT2D eigenvalue weighted by Crippen LogP contribution is -2.23. The Hall–Kier alpha value is -1.68. The van der Waals surface area contributed by atoms with Crippen molar-refractivity contribution in [2.24, 2.45) is 0 Å². The molecule has 0 aliphatic heterocycles. The minimum atomic E-state index is -0.188. The Labute approximate surface area is 112 Å². The number of methoxy groups -OCH3 is 2. The summed E-state index contributed by atoms with van der Waals surface area (Å²) >= 11 is 5.48. The molecular formula is C13H16ClNO3. The predicted molar refractivity (Wildman–Crippen MR) is 71.7 cm³/mol. The number of rotatable bonds is 6. The van der Waals surface area contributed by atoms with Crippen LogP contribution in [0.1, 0.15) is 10.4 Å². The van der Waals surface area contributed by atoms with Crippen molar-refractivity contribution < 1.29 is 14.3 Å². The van der Waals surface area contributed by atoms with Crippen LogP contribution in [0, 0.1) is 0 Å². The van der Waals surface area contributed by atoms with Crippen LogP contribution < -0.4 is 14.8 Å². The molecule has 0 aromatic heterocycles. The summed E-state index contributed by atoms with van der Waals surface area (Å²) in [5, 5.41) is 2.74. The minimum absolute atomic E-state index is 0.188. The first-order valence-corrected chi connectivity index (χ1v) is 5.97. The third-order valence-corrected chi connectivity index (χ3v) is 2.43. The van der Waals surface area contributed by atoms with Crippen molar-refractivity contribution in [3.05, 3.63) is 35.9 Å². The van der Waals surface area contributed by atoms with Gasteiger partial charge in [0.1, 0.15) is 11.5 Å². The summed E-state index contributed by atoms with van der Waals surface area (Å²) in [6.45, 7) is 0.436. The maximum atomic E-state index is 11.9. The molecule has 4 nitrogen and oxygen atoms in total. The van der Waals surface area contributed by atoms with Gasteiger partial charge < -0.3 is 14.8 Å². The van der Waals surface area contributed by atoms with E-state index in [9.17, 15) is 4.79 Å².